The van der Waals surface area contributed by atoms with E-state index in [1.165, 1.54) is 0 Å². The number of nitrogens with two attached hydrogens (primary N) is 1. The lowest BCUT2D eigenvalue weighted by Gasteiger charge is -2.50. The van der Waals surface area contributed by atoms with E-state index in [-0.39, 0.29) is 5.75 Å². The zero-order chi connectivity index (χ0) is 15.1. The molecule has 0 saturated carbocycles. The van der Waals surface area contributed by atoms with E-state index in [4.69, 9.17) is 5.73 Å². The maximum Gasteiger partial charge on any atom is 0.152 e. The van der Waals surface area contributed by atoms with Gasteiger partial charge < -0.3 is 15.5 Å². The molecular formula is C15H23N3O2S. The third-order valence-corrected chi connectivity index (χ3v) is 6.67. The average molecular weight is 309 g/mol. The molecule has 0 aliphatic carbocycles. The van der Waals surface area contributed by atoms with Crippen LogP contribution in [0.1, 0.15) is 12.8 Å². The fourth-order valence-electron chi connectivity index (χ4n) is 3.66. The van der Waals surface area contributed by atoms with Crippen LogP contribution in [0.25, 0.3) is 0 Å². The molecule has 2 aliphatic heterocycles. The van der Waals surface area contributed by atoms with Gasteiger partial charge in [0.05, 0.1) is 28.4 Å². The van der Waals surface area contributed by atoms with Gasteiger partial charge in [0.25, 0.3) is 0 Å². The van der Waals surface area contributed by atoms with Crippen LogP contribution in [0.2, 0.25) is 0 Å². The van der Waals surface area contributed by atoms with Crippen LogP contribution in [0.15, 0.2) is 24.3 Å². The van der Waals surface area contributed by atoms with Crippen molar-refractivity contribution in [1.82, 2.24) is 0 Å². The van der Waals surface area contributed by atoms with E-state index in [1.54, 1.807) is 0 Å². The molecule has 0 radical (unpaired) electrons. The molecular weight excluding hydrogens is 286 g/mol. The summed E-state index contributed by atoms with van der Waals surface area (Å²) in [5.74, 6) is 0.471. The highest BCUT2D eigenvalue weighted by atomic mass is 32.2. The van der Waals surface area contributed by atoms with E-state index in [1.807, 2.05) is 12.1 Å². The topological polar surface area (TPSA) is 66.6 Å². The minimum atomic E-state index is -3.00. The van der Waals surface area contributed by atoms with Crippen molar-refractivity contribution >= 4 is 21.2 Å². The maximum absolute atomic E-state index is 12.2. The fourth-order valence-corrected chi connectivity index (χ4v) is 5.62. The predicted octanol–water partition coefficient (Wildman–Crippen LogP) is 0.849. The minimum Gasteiger partial charge on any atom is -0.371 e. The summed E-state index contributed by atoms with van der Waals surface area (Å²) < 4.78 is 24.3. The van der Waals surface area contributed by atoms with Gasteiger partial charge in [0.2, 0.25) is 0 Å². The monoisotopic (exact) mass is 309 g/mol. The SMILES string of the molecule is CN1CCN(C2(CN)CCCS(=O)(=O)C2)c2ccccc21. The number of hydrogen-bond donors (Lipinski definition) is 1. The molecule has 1 saturated heterocycles. The van der Waals surface area contributed by atoms with Gasteiger partial charge >= 0.3 is 0 Å². The number of sulfone groups is 1. The maximum atomic E-state index is 12.2. The van der Waals surface area contributed by atoms with Crippen LogP contribution in [0, 0.1) is 0 Å². The number of nitrogens with zero attached hydrogens (tertiary/aromatic N) is 2. The number of benzene rings is 1. The van der Waals surface area contributed by atoms with Crippen molar-refractivity contribution in [1.29, 1.82) is 0 Å². The number of anilines is 2. The molecule has 2 N–H and O–H groups in total. The van der Waals surface area contributed by atoms with Crippen LogP contribution >= 0.6 is 0 Å². The molecule has 1 unspecified atom stereocenters. The third-order valence-electron chi connectivity index (χ3n) is 4.78. The van der Waals surface area contributed by atoms with Crippen LogP contribution in [-0.4, -0.2) is 52.1 Å². The van der Waals surface area contributed by atoms with Gasteiger partial charge in [-0.25, -0.2) is 8.42 Å². The summed E-state index contributed by atoms with van der Waals surface area (Å²) >= 11 is 0. The first kappa shape index (κ1) is 14.7. The van der Waals surface area contributed by atoms with Gasteiger partial charge in [0, 0.05) is 26.7 Å². The molecule has 5 nitrogen and oxygen atoms in total. The Kier molecular flexibility index (Phi) is 3.61. The lowest BCUT2D eigenvalue weighted by atomic mass is 9.91. The lowest BCUT2D eigenvalue weighted by Crippen LogP contribution is -2.63. The summed E-state index contributed by atoms with van der Waals surface area (Å²) in [4.78, 5) is 4.46. The zero-order valence-corrected chi connectivity index (χ0v) is 13.3. The van der Waals surface area contributed by atoms with Crippen molar-refractivity contribution in [2.24, 2.45) is 5.73 Å². The number of hydrogen-bond acceptors (Lipinski definition) is 5. The second-order valence-electron chi connectivity index (χ2n) is 6.19. The molecule has 1 aromatic carbocycles. The fraction of sp³-hybridized carbons (Fsp3) is 0.600. The second kappa shape index (κ2) is 5.18. The Morgan fingerprint density at radius 2 is 1.95 bits per heavy atom. The molecule has 1 fully saturated rings. The summed E-state index contributed by atoms with van der Waals surface area (Å²) in [6, 6.07) is 8.19. The van der Waals surface area contributed by atoms with Gasteiger partial charge in [-0.2, -0.15) is 0 Å². The van der Waals surface area contributed by atoms with Crippen molar-refractivity contribution in [3.8, 4) is 0 Å². The summed E-state index contributed by atoms with van der Waals surface area (Å²) in [6.45, 7) is 2.09. The van der Waals surface area contributed by atoms with Gasteiger partial charge in [0.15, 0.2) is 9.84 Å². The first-order chi connectivity index (χ1) is 9.97. The largest absolute Gasteiger partial charge is 0.371 e. The molecule has 0 amide bonds. The van der Waals surface area contributed by atoms with Crippen LogP contribution in [0.5, 0.6) is 0 Å². The van der Waals surface area contributed by atoms with Crippen molar-refractivity contribution in [3.63, 3.8) is 0 Å². The highest BCUT2D eigenvalue weighted by Crippen LogP contribution is 2.39. The first-order valence-corrected chi connectivity index (χ1v) is 9.28. The van der Waals surface area contributed by atoms with E-state index in [9.17, 15) is 8.42 Å². The molecule has 6 heteroatoms. The van der Waals surface area contributed by atoms with E-state index in [0.717, 1.165) is 30.9 Å². The van der Waals surface area contributed by atoms with E-state index in [0.29, 0.717) is 18.7 Å². The Hall–Kier alpha value is -1.27. The van der Waals surface area contributed by atoms with Gasteiger partial charge in [-0.1, -0.05) is 12.1 Å². The van der Waals surface area contributed by atoms with Gasteiger partial charge in [-0.15, -0.1) is 0 Å². The van der Waals surface area contributed by atoms with Crippen molar-refractivity contribution in [3.05, 3.63) is 24.3 Å². The Bertz CT molecular complexity index is 632. The Morgan fingerprint density at radius 3 is 2.62 bits per heavy atom. The van der Waals surface area contributed by atoms with Crippen molar-refractivity contribution < 1.29 is 8.42 Å². The third kappa shape index (κ3) is 2.51. The minimum absolute atomic E-state index is 0.175. The normalized spacial score (nSPS) is 28.3. The summed E-state index contributed by atoms with van der Waals surface area (Å²) in [5.41, 5.74) is 7.87. The first-order valence-electron chi connectivity index (χ1n) is 7.46. The summed E-state index contributed by atoms with van der Waals surface area (Å²) in [5, 5.41) is 0. The smallest absolute Gasteiger partial charge is 0.152 e. The molecule has 116 valence electrons. The van der Waals surface area contributed by atoms with Crippen molar-refractivity contribution in [2.75, 3.05) is 48.0 Å². The molecule has 21 heavy (non-hydrogen) atoms. The Morgan fingerprint density at radius 1 is 1.24 bits per heavy atom. The Labute approximate surface area is 126 Å². The number of para-hydroxylation sites is 2. The number of fused-ring (bicyclic) bond motifs is 1. The Balaban J connectivity index is 2.04. The quantitative estimate of drug-likeness (QED) is 0.877. The molecule has 0 spiro atoms. The molecule has 3 rings (SSSR count). The van der Waals surface area contributed by atoms with Gasteiger partial charge in [-0.3, -0.25) is 0 Å². The van der Waals surface area contributed by atoms with Gasteiger partial charge in [-0.05, 0) is 25.0 Å². The molecule has 0 bridgehead atoms. The zero-order valence-electron chi connectivity index (χ0n) is 12.5. The number of rotatable bonds is 2. The van der Waals surface area contributed by atoms with Gasteiger partial charge in [0.1, 0.15) is 0 Å². The second-order valence-corrected chi connectivity index (χ2v) is 8.37. The van der Waals surface area contributed by atoms with E-state index >= 15 is 0 Å². The average Bonchev–Trinajstić information content (AvgIpc) is 2.46. The van der Waals surface area contributed by atoms with Crippen LogP contribution in [0.4, 0.5) is 11.4 Å². The molecule has 1 aromatic rings. The van der Waals surface area contributed by atoms with Crippen molar-refractivity contribution in [2.45, 2.75) is 18.4 Å². The van der Waals surface area contributed by atoms with Crippen LogP contribution in [-0.2, 0) is 9.84 Å². The molecule has 0 aromatic heterocycles. The number of likely N-dealkylation sites (N-methyl/N-ethyl adjacent to an activating group) is 1. The predicted molar refractivity (Wildman–Crippen MR) is 86.7 cm³/mol. The van der Waals surface area contributed by atoms with E-state index in [2.05, 4.69) is 29.0 Å². The standard InChI is InChI=1S/C15H23N3O2S/c1-17-8-9-18(14-6-3-2-5-13(14)17)15(11-16)7-4-10-21(19,20)12-15/h2-3,5-6H,4,7-12,16H2,1H3. The highest BCUT2D eigenvalue weighted by Gasteiger charge is 2.44. The summed E-state index contributed by atoms with van der Waals surface area (Å²) in [7, 11) is -0.931. The lowest BCUT2D eigenvalue weighted by molar-refractivity contribution is 0.379. The summed E-state index contributed by atoms with van der Waals surface area (Å²) in [6.07, 6.45) is 1.55. The van der Waals surface area contributed by atoms with Crippen LogP contribution < -0.4 is 15.5 Å². The molecule has 2 heterocycles. The molecule has 1 atom stereocenters. The highest BCUT2D eigenvalue weighted by molar-refractivity contribution is 7.91. The van der Waals surface area contributed by atoms with E-state index < -0.39 is 15.4 Å². The molecule has 2 aliphatic rings. The van der Waals surface area contributed by atoms with Crippen LogP contribution in [0.3, 0.4) is 0 Å².